The van der Waals surface area contributed by atoms with Crippen molar-refractivity contribution in [2.75, 3.05) is 26.2 Å². The van der Waals surface area contributed by atoms with Crippen molar-refractivity contribution in [3.8, 4) is 0 Å². The van der Waals surface area contributed by atoms with Gasteiger partial charge in [0.05, 0.1) is 18.6 Å². The van der Waals surface area contributed by atoms with Crippen LogP contribution in [0.15, 0.2) is 24.3 Å². The molecule has 2 atom stereocenters. The smallest absolute Gasteiger partial charge is 0.317 e. The Balaban J connectivity index is 1.69. The van der Waals surface area contributed by atoms with E-state index >= 15 is 0 Å². The molecule has 2 aliphatic heterocycles. The van der Waals surface area contributed by atoms with E-state index in [4.69, 9.17) is 4.74 Å². The number of fused-ring (bicyclic) bond motifs is 1. The Kier molecular flexibility index (Phi) is 4.73. The molecule has 0 radical (unpaired) electrons. The van der Waals surface area contributed by atoms with Gasteiger partial charge in [-0.1, -0.05) is 31.2 Å². The van der Waals surface area contributed by atoms with E-state index in [1.807, 2.05) is 12.1 Å². The van der Waals surface area contributed by atoms with Gasteiger partial charge in [0.2, 0.25) is 0 Å². The Morgan fingerprint density at radius 2 is 2.12 bits per heavy atom. The number of ether oxygens (including phenoxy) is 1. The predicted octanol–water partition coefficient (Wildman–Crippen LogP) is 2.37. The van der Waals surface area contributed by atoms with E-state index in [-0.39, 0.29) is 12.6 Å². The van der Waals surface area contributed by atoms with E-state index in [1.54, 1.807) is 11.8 Å². The number of aliphatic carboxylic acids is 1. The van der Waals surface area contributed by atoms with Gasteiger partial charge in [0.25, 0.3) is 0 Å². The maximum absolute atomic E-state index is 12.5. The molecule has 0 saturated carbocycles. The Morgan fingerprint density at radius 1 is 1.36 bits per heavy atom. The fourth-order valence-electron chi connectivity index (χ4n) is 3.82. The minimum atomic E-state index is -0.853. The summed E-state index contributed by atoms with van der Waals surface area (Å²) in [4.78, 5) is 25.5. The van der Waals surface area contributed by atoms with Gasteiger partial charge in [0.15, 0.2) is 0 Å². The van der Waals surface area contributed by atoms with Crippen LogP contribution in [0.1, 0.15) is 37.8 Å². The zero-order chi connectivity index (χ0) is 18.1. The SMILES string of the molecule is CCC1(CNC(=O)N2CCC(C)(C(=O)O)C2)OCCc2ccccc21. The topological polar surface area (TPSA) is 78.9 Å². The fourth-order valence-corrected chi connectivity index (χ4v) is 3.82. The first-order chi connectivity index (χ1) is 11.9. The summed E-state index contributed by atoms with van der Waals surface area (Å²) in [5, 5.41) is 12.3. The number of carboxylic acid groups (broad SMARTS) is 1. The van der Waals surface area contributed by atoms with Gasteiger partial charge in [-0.25, -0.2) is 4.79 Å². The minimum absolute atomic E-state index is 0.218. The second-order valence-electron chi connectivity index (χ2n) is 7.30. The molecule has 25 heavy (non-hydrogen) atoms. The highest BCUT2D eigenvalue weighted by Crippen LogP contribution is 2.36. The number of carbonyl (C=O) groups is 2. The molecule has 0 aromatic heterocycles. The summed E-state index contributed by atoms with van der Waals surface area (Å²) in [5.74, 6) is -0.850. The molecule has 6 nitrogen and oxygen atoms in total. The number of nitrogens with zero attached hydrogens (tertiary/aromatic N) is 1. The maximum atomic E-state index is 12.5. The number of hydrogen-bond donors (Lipinski definition) is 2. The number of urea groups is 1. The summed E-state index contributed by atoms with van der Waals surface area (Å²) in [6.45, 7) is 5.49. The standard InChI is InChI=1S/C19H26N2O4/c1-3-19(15-7-5-4-6-14(15)8-11-25-19)12-20-17(24)21-10-9-18(2,13-21)16(22)23/h4-7H,3,8-13H2,1-2H3,(H,20,24)(H,22,23). The summed E-state index contributed by atoms with van der Waals surface area (Å²) in [6.07, 6.45) is 2.13. The molecule has 0 spiro atoms. The van der Waals surface area contributed by atoms with Gasteiger partial charge < -0.3 is 20.1 Å². The van der Waals surface area contributed by atoms with Crippen molar-refractivity contribution < 1.29 is 19.4 Å². The van der Waals surface area contributed by atoms with Crippen molar-refractivity contribution in [2.24, 2.45) is 5.41 Å². The monoisotopic (exact) mass is 346 g/mol. The predicted molar refractivity (Wildman–Crippen MR) is 93.4 cm³/mol. The molecule has 2 heterocycles. The second kappa shape index (κ2) is 6.67. The van der Waals surface area contributed by atoms with Crippen molar-refractivity contribution in [3.63, 3.8) is 0 Å². The van der Waals surface area contributed by atoms with Crippen LogP contribution in [-0.2, 0) is 21.6 Å². The number of nitrogens with one attached hydrogen (secondary N) is 1. The number of likely N-dealkylation sites (tertiary alicyclic amines) is 1. The van der Waals surface area contributed by atoms with Gasteiger partial charge in [-0.05, 0) is 37.3 Å². The Hall–Kier alpha value is -2.08. The number of amides is 2. The van der Waals surface area contributed by atoms with Crippen LogP contribution in [0.3, 0.4) is 0 Å². The fraction of sp³-hybridized carbons (Fsp3) is 0.579. The lowest BCUT2D eigenvalue weighted by Gasteiger charge is -2.39. The Labute approximate surface area is 148 Å². The van der Waals surface area contributed by atoms with Gasteiger partial charge in [0, 0.05) is 13.1 Å². The van der Waals surface area contributed by atoms with E-state index in [0.29, 0.717) is 26.1 Å². The number of carboxylic acids is 1. The second-order valence-corrected chi connectivity index (χ2v) is 7.30. The summed E-state index contributed by atoms with van der Waals surface area (Å²) >= 11 is 0. The molecular weight excluding hydrogens is 320 g/mol. The quantitative estimate of drug-likeness (QED) is 0.877. The van der Waals surface area contributed by atoms with Gasteiger partial charge >= 0.3 is 12.0 Å². The molecule has 1 saturated heterocycles. The van der Waals surface area contributed by atoms with Gasteiger partial charge in [-0.3, -0.25) is 4.79 Å². The normalized spacial score (nSPS) is 28.5. The first-order valence-electron chi connectivity index (χ1n) is 8.89. The zero-order valence-electron chi connectivity index (χ0n) is 14.9. The molecule has 2 amide bonds. The molecular formula is C19H26N2O4. The summed E-state index contributed by atoms with van der Waals surface area (Å²) < 4.78 is 6.11. The molecule has 1 aromatic carbocycles. The highest BCUT2D eigenvalue weighted by Gasteiger charge is 2.43. The van der Waals surface area contributed by atoms with Crippen LogP contribution < -0.4 is 5.32 Å². The first-order valence-corrected chi connectivity index (χ1v) is 8.89. The molecule has 6 heteroatoms. The largest absolute Gasteiger partial charge is 0.481 e. The third kappa shape index (κ3) is 3.23. The van der Waals surface area contributed by atoms with Crippen molar-refractivity contribution in [2.45, 2.75) is 38.7 Å². The van der Waals surface area contributed by atoms with Gasteiger partial charge in [-0.2, -0.15) is 0 Å². The zero-order valence-corrected chi connectivity index (χ0v) is 14.9. The lowest BCUT2D eigenvalue weighted by atomic mass is 9.84. The van der Waals surface area contributed by atoms with Crippen molar-refractivity contribution >= 4 is 12.0 Å². The van der Waals surface area contributed by atoms with Crippen LogP contribution in [-0.4, -0.2) is 48.2 Å². The Morgan fingerprint density at radius 3 is 2.80 bits per heavy atom. The lowest BCUT2D eigenvalue weighted by molar-refractivity contribution is -0.147. The van der Waals surface area contributed by atoms with Crippen LogP contribution in [0.2, 0.25) is 0 Å². The number of benzene rings is 1. The van der Waals surface area contributed by atoms with E-state index in [9.17, 15) is 14.7 Å². The van der Waals surface area contributed by atoms with E-state index in [2.05, 4.69) is 24.4 Å². The molecule has 2 aliphatic rings. The third-order valence-corrected chi connectivity index (χ3v) is 5.63. The van der Waals surface area contributed by atoms with E-state index in [1.165, 1.54) is 5.56 Å². The summed E-state index contributed by atoms with van der Waals surface area (Å²) in [7, 11) is 0. The molecule has 2 unspecified atom stereocenters. The molecule has 1 fully saturated rings. The summed E-state index contributed by atoms with van der Waals surface area (Å²) in [6, 6.07) is 7.99. The molecule has 3 rings (SSSR count). The van der Waals surface area contributed by atoms with E-state index < -0.39 is 17.0 Å². The van der Waals surface area contributed by atoms with E-state index in [0.717, 1.165) is 18.4 Å². The van der Waals surface area contributed by atoms with Crippen molar-refractivity contribution in [3.05, 3.63) is 35.4 Å². The van der Waals surface area contributed by atoms with Crippen molar-refractivity contribution in [1.29, 1.82) is 0 Å². The van der Waals surface area contributed by atoms with Gasteiger partial charge in [0.1, 0.15) is 5.60 Å². The first kappa shape index (κ1) is 17.7. The summed E-state index contributed by atoms with van der Waals surface area (Å²) in [5.41, 5.74) is 1.04. The van der Waals surface area contributed by atoms with Crippen LogP contribution in [0, 0.1) is 5.41 Å². The highest BCUT2D eigenvalue weighted by atomic mass is 16.5. The average molecular weight is 346 g/mol. The Bertz CT molecular complexity index is 677. The lowest BCUT2D eigenvalue weighted by Crippen LogP contribution is -2.49. The number of carbonyl (C=O) groups excluding carboxylic acids is 1. The van der Waals surface area contributed by atoms with Crippen LogP contribution in [0.4, 0.5) is 4.79 Å². The van der Waals surface area contributed by atoms with Crippen LogP contribution in [0.25, 0.3) is 0 Å². The third-order valence-electron chi connectivity index (χ3n) is 5.63. The maximum Gasteiger partial charge on any atom is 0.317 e. The molecule has 0 bridgehead atoms. The average Bonchev–Trinajstić information content (AvgIpc) is 3.03. The minimum Gasteiger partial charge on any atom is -0.481 e. The molecule has 1 aromatic rings. The van der Waals surface area contributed by atoms with Crippen LogP contribution >= 0.6 is 0 Å². The van der Waals surface area contributed by atoms with Crippen molar-refractivity contribution in [1.82, 2.24) is 10.2 Å². The number of hydrogen-bond acceptors (Lipinski definition) is 3. The highest BCUT2D eigenvalue weighted by molar-refractivity contribution is 5.79. The molecule has 0 aliphatic carbocycles. The number of rotatable bonds is 4. The van der Waals surface area contributed by atoms with Crippen LogP contribution in [0.5, 0.6) is 0 Å². The molecule has 2 N–H and O–H groups in total. The molecule has 136 valence electrons. The van der Waals surface area contributed by atoms with Gasteiger partial charge in [-0.15, -0.1) is 0 Å².